The van der Waals surface area contributed by atoms with Gasteiger partial charge >= 0.3 is 0 Å². The van der Waals surface area contributed by atoms with Gasteiger partial charge in [-0.2, -0.15) is 0 Å². The number of carbonyl (C=O) groups is 1. The number of rotatable bonds is 7. The zero-order valence-corrected chi connectivity index (χ0v) is 17.1. The Hall–Kier alpha value is -3.09. The summed E-state index contributed by atoms with van der Waals surface area (Å²) in [5, 5.41) is 0.452. The normalized spacial score (nSPS) is 11.4. The zero-order valence-electron chi connectivity index (χ0n) is 15.5. The lowest BCUT2D eigenvalue weighted by molar-refractivity contribution is 0.104. The van der Waals surface area contributed by atoms with Gasteiger partial charge in [0.25, 0.3) is 10.0 Å². The van der Waals surface area contributed by atoms with Gasteiger partial charge in [-0.1, -0.05) is 29.8 Å². The number of sulfonamides is 1. The Morgan fingerprint density at radius 3 is 2.28 bits per heavy atom. The number of carbonyl (C=O) groups excluding carboxylic acids is 1. The number of benzene rings is 3. The molecule has 3 rings (SSSR count). The summed E-state index contributed by atoms with van der Waals surface area (Å²) < 4.78 is 32.5. The highest BCUT2D eigenvalue weighted by atomic mass is 35.5. The van der Waals surface area contributed by atoms with Gasteiger partial charge in [-0.15, -0.1) is 0 Å². The summed E-state index contributed by atoms with van der Waals surface area (Å²) in [5.41, 5.74) is 1.58. The van der Waals surface area contributed by atoms with E-state index < -0.39 is 10.0 Å². The van der Waals surface area contributed by atoms with Crippen molar-refractivity contribution in [1.82, 2.24) is 0 Å². The summed E-state index contributed by atoms with van der Waals surface area (Å²) in [4.78, 5) is 12.5. The van der Waals surface area contributed by atoms with Crippen LogP contribution in [0, 0.1) is 0 Å². The van der Waals surface area contributed by atoms with Crippen molar-refractivity contribution in [1.29, 1.82) is 0 Å². The lowest BCUT2D eigenvalue weighted by Crippen LogP contribution is -2.12. The lowest BCUT2D eigenvalue weighted by atomic mass is 10.1. The highest BCUT2D eigenvalue weighted by Crippen LogP contribution is 2.21. The maximum Gasteiger partial charge on any atom is 0.261 e. The third-order valence-electron chi connectivity index (χ3n) is 4.10. The first-order chi connectivity index (χ1) is 13.9. The molecule has 0 aliphatic heterocycles. The van der Waals surface area contributed by atoms with Gasteiger partial charge in [0.1, 0.15) is 5.75 Å². The molecule has 0 fully saturated rings. The van der Waals surface area contributed by atoms with E-state index in [0.717, 1.165) is 5.56 Å². The van der Waals surface area contributed by atoms with Gasteiger partial charge in [-0.3, -0.25) is 9.52 Å². The van der Waals surface area contributed by atoms with Crippen LogP contribution in [0.2, 0.25) is 5.02 Å². The quantitative estimate of drug-likeness (QED) is 0.423. The first kappa shape index (κ1) is 20.6. The van der Waals surface area contributed by atoms with E-state index in [2.05, 4.69) is 4.72 Å². The number of hydrogen-bond donors (Lipinski definition) is 1. The second-order valence-electron chi connectivity index (χ2n) is 6.08. The molecule has 0 spiro atoms. The average molecular weight is 428 g/mol. The van der Waals surface area contributed by atoms with E-state index in [4.69, 9.17) is 16.3 Å². The Morgan fingerprint density at radius 2 is 1.62 bits per heavy atom. The minimum absolute atomic E-state index is 0.0989. The Balaban J connectivity index is 1.72. The number of hydrogen-bond acceptors (Lipinski definition) is 4. The Labute approximate surface area is 174 Å². The monoisotopic (exact) mass is 427 g/mol. The van der Waals surface area contributed by atoms with Crippen molar-refractivity contribution in [2.45, 2.75) is 4.90 Å². The van der Waals surface area contributed by atoms with E-state index in [1.165, 1.54) is 42.5 Å². The fraction of sp³-hybridized carbons (Fsp3) is 0.0455. The summed E-state index contributed by atoms with van der Waals surface area (Å²) in [6.45, 7) is 0. The molecule has 5 nitrogen and oxygen atoms in total. The van der Waals surface area contributed by atoms with Crippen LogP contribution in [0.15, 0.2) is 83.8 Å². The van der Waals surface area contributed by atoms with Crippen molar-refractivity contribution in [2.24, 2.45) is 0 Å². The van der Waals surface area contributed by atoms with Gasteiger partial charge in [0.15, 0.2) is 5.78 Å². The molecule has 0 amide bonds. The topological polar surface area (TPSA) is 72.5 Å². The molecule has 29 heavy (non-hydrogen) atoms. The third kappa shape index (κ3) is 5.25. The minimum Gasteiger partial charge on any atom is -0.496 e. The molecule has 148 valence electrons. The summed E-state index contributed by atoms with van der Waals surface area (Å²) in [6, 6.07) is 19.4. The molecule has 1 N–H and O–H groups in total. The summed E-state index contributed by atoms with van der Waals surface area (Å²) in [5.74, 6) is 0.464. The first-order valence-corrected chi connectivity index (χ1v) is 10.5. The van der Waals surface area contributed by atoms with Crippen LogP contribution in [0.5, 0.6) is 5.75 Å². The van der Waals surface area contributed by atoms with Gasteiger partial charge in [0.05, 0.1) is 12.0 Å². The second kappa shape index (κ2) is 8.94. The fourth-order valence-electron chi connectivity index (χ4n) is 2.60. The van der Waals surface area contributed by atoms with Crippen LogP contribution < -0.4 is 9.46 Å². The molecule has 3 aromatic rings. The van der Waals surface area contributed by atoms with Crippen molar-refractivity contribution >= 4 is 39.2 Å². The largest absolute Gasteiger partial charge is 0.496 e. The van der Waals surface area contributed by atoms with Gasteiger partial charge in [0.2, 0.25) is 0 Å². The van der Waals surface area contributed by atoms with E-state index in [1.807, 2.05) is 24.3 Å². The SMILES string of the molecule is COc1ccccc1/C=C/C(=O)c1ccc(NS(=O)(=O)c2ccc(Cl)cc2)cc1. The summed E-state index contributed by atoms with van der Waals surface area (Å²) in [7, 11) is -2.17. The first-order valence-electron chi connectivity index (χ1n) is 8.63. The van der Waals surface area contributed by atoms with E-state index >= 15 is 0 Å². The number of nitrogens with one attached hydrogen (secondary N) is 1. The van der Waals surface area contributed by atoms with Crippen molar-refractivity contribution in [3.63, 3.8) is 0 Å². The van der Waals surface area contributed by atoms with Gasteiger partial charge in [-0.05, 0) is 66.7 Å². The van der Waals surface area contributed by atoms with E-state index in [1.54, 1.807) is 25.3 Å². The van der Waals surface area contributed by atoms with E-state index in [0.29, 0.717) is 22.0 Å². The number of allylic oxidation sites excluding steroid dienone is 1. The van der Waals surface area contributed by atoms with Crippen LogP contribution in [0.25, 0.3) is 6.08 Å². The molecular weight excluding hydrogens is 410 g/mol. The number of methoxy groups -OCH3 is 1. The molecule has 0 unspecified atom stereocenters. The van der Waals surface area contributed by atoms with Crippen molar-refractivity contribution in [3.8, 4) is 5.75 Å². The summed E-state index contributed by atoms with van der Waals surface area (Å²) >= 11 is 5.79. The van der Waals surface area contributed by atoms with Crippen LogP contribution in [0.3, 0.4) is 0 Å². The van der Waals surface area contributed by atoms with Crippen LogP contribution in [-0.2, 0) is 10.0 Å². The molecule has 3 aromatic carbocycles. The predicted molar refractivity (Wildman–Crippen MR) is 115 cm³/mol. The average Bonchev–Trinajstić information content (AvgIpc) is 2.72. The summed E-state index contributed by atoms with van der Waals surface area (Å²) in [6.07, 6.45) is 3.13. The Kier molecular flexibility index (Phi) is 6.36. The predicted octanol–water partition coefficient (Wildman–Crippen LogP) is 5.05. The van der Waals surface area contributed by atoms with Gasteiger partial charge in [0, 0.05) is 21.8 Å². The van der Waals surface area contributed by atoms with Crippen molar-refractivity contribution in [3.05, 3.63) is 95.0 Å². The second-order valence-corrected chi connectivity index (χ2v) is 8.20. The fourth-order valence-corrected chi connectivity index (χ4v) is 3.78. The molecule has 0 heterocycles. The molecule has 7 heteroatoms. The standard InChI is InChI=1S/C22H18ClNO4S/c1-28-22-5-3-2-4-17(22)8-15-21(25)16-6-11-19(12-7-16)24-29(26,27)20-13-9-18(23)10-14-20/h2-15,24H,1H3/b15-8+. The maximum atomic E-state index is 12.4. The van der Waals surface area contributed by atoms with Crippen molar-refractivity contribution in [2.75, 3.05) is 11.8 Å². The molecular formula is C22H18ClNO4S. The molecule has 0 aliphatic carbocycles. The smallest absolute Gasteiger partial charge is 0.261 e. The Bertz CT molecular complexity index is 1140. The third-order valence-corrected chi connectivity index (χ3v) is 5.75. The molecule has 0 saturated heterocycles. The highest BCUT2D eigenvalue weighted by Gasteiger charge is 2.14. The van der Waals surface area contributed by atoms with Gasteiger partial charge < -0.3 is 4.74 Å². The number of para-hydroxylation sites is 1. The van der Waals surface area contributed by atoms with Crippen LogP contribution in [-0.4, -0.2) is 21.3 Å². The van der Waals surface area contributed by atoms with Crippen LogP contribution >= 0.6 is 11.6 Å². The number of ketones is 1. The number of ether oxygens (including phenoxy) is 1. The highest BCUT2D eigenvalue weighted by molar-refractivity contribution is 7.92. The Morgan fingerprint density at radius 1 is 0.966 bits per heavy atom. The van der Waals surface area contributed by atoms with Gasteiger partial charge in [-0.25, -0.2) is 8.42 Å². The molecule has 0 aromatic heterocycles. The molecule has 0 aliphatic rings. The van der Waals surface area contributed by atoms with Crippen LogP contribution in [0.4, 0.5) is 5.69 Å². The minimum atomic E-state index is -3.74. The van der Waals surface area contributed by atoms with E-state index in [-0.39, 0.29) is 10.7 Å². The zero-order chi connectivity index (χ0) is 20.9. The number of halogens is 1. The number of anilines is 1. The van der Waals surface area contributed by atoms with Crippen molar-refractivity contribution < 1.29 is 17.9 Å². The lowest BCUT2D eigenvalue weighted by Gasteiger charge is -2.08. The molecule has 0 bridgehead atoms. The molecule has 0 atom stereocenters. The van der Waals surface area contributed by atoms with Crippen LogP contribution in [0.1, 0.15) is 15.9 Å². The molecule has 0 saturated carbocycles. The molecule has 0 radical (unpaired) electrons. The maximum absolute atomic E-state index is 12.4. The van der Waals surface area contributed by atoms with E-state index in [9.17, 15) is 13.2 Å².